The third kappa shape index (κ3) is 6.19. The van der Waals surface area contributed by atoms with Crippen molar-refractivity contribution in [2.24, 2.45) is 5.41 Å². The van der Waals surface area contributed by atoms with Gasteiger partial charge in [0.05, 0.1) is 24.9 Å². The Hall–Kier alpha value is -4.01. The van der Waals surface area contributed by atoms with Gasteiger partial charge in [-0.1, -0.05) is 39.0 Å². The maximum Gasteiger partial charge on any atom is 0.415 e. The zero-order chi connectivity index (χ0) is 28.2. The fourth-order valence-corrected chi connectivity index (χ4v) is 4.98. The normalized spacial score (nSPS) is 16.9. The smallest absolute Gasteiger partial charge is 0.415 e. The Labute approximate surface area is 227 Å². The molecule has 5 rings (SSSR count). The second-order valence-electron chi connectivity index (χ2n) is 11.0. The van der Waals surface area contributed by atoms with E-state index in [9.17, 15) is 9.59 Å². The second-order valence-corrected chi connectivity index (χ2v) is 11.0. The summed E-state index contributed by atoms with van der Waals surface area (Å²) in [5.74, 6) is 0.872. The number of carbonyl (C=O) groups excluding carboxylic acids is 4. The lowest BCUT2D eigenvalue weighted by molar-refractivity contribution is -0.191. The number of hydrogen-bond acceptors (Lipinski definition) is 8. The van der Waals surface area contributed by atoms with Gasteiger partial charge in [-0.25, -0.2) is 4.79 Å². The molecular weight excluding hydrogens is 500 g/mol. The highest BCUT2D eigenvalue weighted by Gasteiger charge is 2.47. The number of amides is 1. The monoisotopic (exact) mass is 534 g/mol. The Balaban J connectivity index is 0.00000112. The highest BCUT2D eigenvalue weighted by Crippen LogP contribution is 2.36. The van der Waals surface area contributed by atoms with Crippen molar-refractivity contribution in [2.45, 2.75) is 52.3 Å². The van der Waals surface area contributed by atoms with Crippen molar-refractivity contribution in [1.29, 1.82) is 0 Å². The number of rotatable bonds is 6. The van der Waals surface area contributed by atoms with Gasteiger partial charge in [-0.3, -0.25) is 19.3 Å². The average Bonchev–Trinajstić information content (AvgIpc) is 3.42. The Bertz CT molecular complexity index is 1360. The van der Waals surface area contributed by atoms with Crippen LogP contribution in [0.3, 0.4) is 0 Å². The number of para-hydroxylation sites is 1. The summed E-state index contributed by atoms with van der Waals surface area (Å²) in [5, 5.41) is 5.90. The van der Waals surface area contributed by atoms with Crippen molar-refractivity contribution >= 4 is 34.6 Å². The van der Waals surface area contributed by atoms with Crippen LogP contribution in [0.4, 0.5) is 10.5 Å². The molecule has 2 aliphatic heterocycles. The van der Waals surface area contributed by atoms with Gasteiger partial charge >= 0.3 is 12.2 Å². The lowest BCUT2D eigenvalue weighted by atomic mass is 9.91. The van der Waals surface area contributed by atoms with Crippen LogP contribution >= 0.6 is 0 Å². The predicted molar refractivity (Wildman–Crippen MR) is 143 cm³/mol. The molecule has 0 radical (unpaired) electrons. The van der Waals surface area contributed by atoms with Crippen LogP contribution in [-0.4, -0.2) is 65.1 Å². The van der Waals surface area contributed by atoms with Crippen LogP contribution in [0.1, 0.15) is 39.3 Å². The molecule has 10 heteroatoms. The van der Waals surface area contributed by atoms with Gasteiger partial charge in [0.25, 0.3) is 0 Å². The zero-order valence-electron chi connectivity index (χ0n) is 22.8. The summed E-state index contributed by atoms with van der Waals surface area (Å²) in [6.07, 6.45) is 1.53. The first-order valence-electron chi connectivity index (χ1n) is 12.9. The molecule has 0 unspecified atom stereocenters. The number of hydrogen-bond donors (Lipinski definition) is 0. The summed E-state index contributed by atoms with van der Waals surface area (Å²) in [6.45, 7) is 8.88. The number of ether oxygens (including phenoxy) is 2. The number of anilines is 1. The minimum atomic E-state index is -0.447. The lowest BCUT2D eigenvalue weighted by Gasteiger charge is -2.37. The molecule has 2 fully saturated rings. The van der Waals surface area contributed by atoms with Gasteiger partial charge < -0.3 is 9.47 Å². The first kappa shape index (κ1) is 28.0. The summed E-state index contributed by atoms with van der Waals surface area (Å²) in [4.78, 5) is 45.7. The number of ketones is 1. The first-order valence-corrected chi connectivity index (χ1v) is 12.9. The number of piperidine rings is 1. The molecule has 0 saturated carbocycles. The van der Waals surface area contributed by atoms with E-state index in [0.717, 1.165) is 54.0 Å². The fourth-order valence-electron chi connectivity index (χ4n) is 4.98. The second kappa shape index (κ2) is 11.4. The van der Waals surface area contributed by atoms with E-state index in [-0.39, 0.29) is 24.6 Å². The van der Waals surface area contributed by atoms with E-state index in [0.29, 0.717) is 13.1 Å². The molecule has 0 bridgehead atoms. The number of carbonyl (C=O) groups is 2. The van der Waals surface area contributed by atoms with Gasteiger partial charge in [-0.05, 0) is 24.3 Å². The van der Waals surface area contributed by atoms with E-state index in [1.807, 2.05) is 74.0 Å². The molecule has 206 valence electrons. The maximum atomic E-state index is 12.8. The molecule has 1 spiro atoms. The van der Waals surface area contributed by atoms with Gasteiger partial charge in [-0.2, -0.15) is 14.7 Å². The molecule has 0 atom stereocenters. The number of methoxy groups -OCH3 is 1. The molecule has 10 nitrogen and oxygen atoms in total. The quantitative estimate of drug-likeness (QED) is 0.465. The highest BCUT2D eigenvalue weighted by atomic mass is 16.6. The molecule has 3 heterocycles. The molecule has 1 amide bonds. The number of benzene rings is 2. The average molecular weight is 535 g/mol. The summed E-state index contributed by atoms with van der Waals surface area (Å²) < 4.78 is 13.2. The molecule has 39 heavy (non-hydrogen) atoms. The van der Waals surface area contributed by atoms with Gasteiger partial charge in [0.1, 0.15) is 17.9 Å². The van der Waals surface area contributed by atoms with Gasteiger partial charge in [0, 0.05) is 55.0 Å². The molecule has 1 aromatic heterocycles. The first-order chi connectivity index (χ1) is 18.6. The van der Waals surface area contributed by atoms with Crippen LogP contribution in [0.2, 0.25) is 0 Å². The summed E-state index contributed by atoms with van der Waals surface area (Å²) in [7, 11) is 1.64. The third-order valence-electron chi connectivity index (χ3n) is 7.34. The Morgan fingerprint density at radius 1 is 1.10 bits per heavy atom. The van der Waals surface area contributed by atoms with Crippen LogP contribution in [0.15, 0.2) is 48.5 Å². The largest absolute Gasteiger partial charge is 0.497 e. The topological polar surface area (TPSA) is 111 Å². The van der Waals surface area contributed by atoms with Crippen molar-refractivity contribution in [3.05, 3.63) is 54.2 Å². The zero-order valence-corrected chi connectivity index (χ0v) is 22.8. The Morgan fingerprint density at radius 3 is 2.38 bits per heavy atom. The van der Waals surface area contributed by atoms with Crippen LogP contribution < -0.4 is 9.64 Å². The lowest BCUT2D eigenvalue weighted by Crippen LogP contribution is -2.46. The minimum absolute atomic E-state index is 0.132. The molecule has 0 N–H and O–H groups in total. The van der Waals surface area contributed by atoms with Gasteiger partial charge in [0.2, 0.25) is 0 Å². The fraction of sp³-hybridized carbons (Fsp3) is 0.448. The number of Topliss-reactive ketones (excluding diaryl/α,β-unsaturated/α-hetero) is 1. The van der Waals surface area contributed by atoms with Crippen molar-refractivity contribution in [2.75, 3.05) is 31.6 Å². The van der Waals surface area contributed by atoms with E-state index in [1.165, 1.54) is 0 Å². The van der Waals surface area contributed by atoms with E-state index < -0.39 is 11.0 Å². The van der Waals surface area contributed by atoms with Crippen LogP contribution in [-0.2, 0) is 32.2 Å². The number of likely N-dealkylation sites (tertiary alicyclic amines) is 1. The minimum Gasteiger partial charge on any atom is -0.497 e. The number of fused-ring (bicyclic) bond motifs is 1. The van der Waals surface area contributed by atoms with Crippen LogP contribution in [0.5, 0.6) is 5.75 Å². The number of nitrogens with zero attached hydrogens (tertiary/aromatic N) is 4. The van der Waals surface area contributed by atoms with Crippen LogP contribution in [0, 0.1) is 5.41 Å². The van der Waals surface area contributed by atoms with Crippen molar-refractivity contribution in [3.63, 3.8) is 0 Å². The van der Waals surface area contributed by atoms with Gasteiger partial charge in [0.15, 0.2) is 5.78 Å². The van der Waals surface area contributed by atoms with Crippen molar-refractivity contribution in [1.82, 2.24) is 14.7 Å². The van der Waals surface area contributed by atoms with E-state index in [4.69, 9.17) is 24.2 Å². The van der Waals surface area contributed by atoms with E-state index in [2.05, 4.69) is 4.90 Å². The molecule has 2 aromatic carbocycles. The van der Waals surface area contributed by atoms with Gasteiger partial charge in [-0.15, -0.1) is 0 Å². The van der Waals surface area contributed by atoms with Crippen molar-refractivity contribution in [3.8, 4) is 5.75 Å². The highest BCUT2D eigenvalue weighted by molar-refractivity contribution is 5.90. The van der Waals surface area contributed by atoms with Crippen LogP contribution in [0.25, 0.3) is 10.9 Å². The molecule has 0 aliphatic carbocycles. The molecule has 2 aliphatic rings. The van der Waals surface area contributed by atoms with Crippen molar-refractivity contribution < 1.29 is 28.7 Å². The maximum absolute atomic E-state index is 12.8. The Kier molecular flexibility index (Phi) is 8.18. The Morgan fingerprint density at radius 2 is 1.77 bits per heavy atom. The molecule has 2 saturated heterocycles. The molecule has 3 aromatic rings. The predicted octanol–water partition coefficient (Wildman–Crippen LogP) is 4.07. The third-order valence-corrected chi connectivity index (χ3v) is 7.34. The summed E-state index contributed by atoms with van der Waals surface area (Å²) >= 11 is 0. The van der Waals surface area contributed by atoms with E-state index in [1.54, 1.807) is 12.0 Å². The standard InChI is InChI=1S/C28H34N4O4.CO2/c1-27(2,3)25(33)18-32-24-16-21(35-4)10-11-22(24)23(29-32)17-30-14-12-28(13-15-30)19-31(26(34)36-28)20-8-6-5-7-9-20;2-1-3/h5-11,16H,12-15,17-19H2,1-4H3;. The number of aromatic nitrogens is 2. The summed E-state index contributed by atoms with van der Waals surface area (Å²) in [5.41, 5.74) is 1.83. The SMILES string of the molecule is COc1ccc2c(CN3CCC4(CC3)CN(c3ccccc3)C(=O)O4)nn(CC(=O)C(C)(C)C)c2c1.O=C=O. The molecular formula is C29H34N4O6. The van der Waals surface area contributed by atoms with E-state index >= 15 is 0 Å². The summed E-state index contributed by atoms with van der Waals surface area (Å²) in [6, 6.07) is 15.6.